The zero-order valence-corrected chi connectivity index (χ0v) is 9.99. The van der Waals surface area contributed by atoms with Crippen molar-refractivity contribution in [3.8, 4) is 0 Å². The molecule has 0 bridgehead atoms. The van der Waals surface area contributed by atoms with E-state index in [1.54, 1.807) is 6.92 Å². The van der Waals surface area contributed by atoms with Crippen LogP contribution in [-0.2, 0) is 14.3 Å². The van der Waals surface area contributed by atoms with Gasteiger partial charge >= 0.3 is 11.9 Å². The molecule has 4 heteroatoms. The van der Waals surface area contributed by atoms with Crippen molar-refractivity contribution in [2.45, 2.75) is 46.0 Å². The Bertz CT molecular complexity index is 256. The highest BCUT2D eigenvalue weighted by Gasteiger charge is 2.17. The van der Waals surface area contributed by atoms with Gasteiger partial charge in [0.15, 0.2) is 0 Å². The minimum absolute atomic E-state index is 0.194. The van der Waals surface area contributed by atoms with Gasteiger partial charge in [-0.1, -0.05) is 32.3 Å². The van der Waals surface area contributed by atoms with Crippen molar-refractivity contribution in [3.63, 3.8) is 0 Å². The van der Waals surface area contributed by atoms with E-state index >= 15 is 0 Å². The smallest absolute Gasteiger partial charge is 0.345 e. The third-order valence-corrected chi connectivity index (χ3v) is 2.13. The maximum atomic E-state index is 11.2. The molecular weight excluding hydrogens is 208 g/mol. The van der Waals surface area contributed by atoms with E-state index in [1.165, 1.54) is 6.08 Å². The number of unbranched alkanes of at least 4 members (excludes halogenated alkanes) is 4. The van der Waals surface area contributed by atoms with Crippen molar-refractivity contribution in [2.24, 2.45) is 0 Å². The molecule has 0 spiro atoms. The monoisotopic (exact) mass is 228 g/mol. The summed E-state index contributed by atoms with van der Waals surface area (Å²) in [6, 6.07) is 0. The van der Waals surface area contributed by atoms with Gasteiger partial charge in [0.2, 0.25) is 0 Å². The number of carboxylic acids is 1. The van der Waals surface area contributed by atoms with Crippen LogP contribution in [0.25, 0.3) is 0 Å². The van der Waals surface area contributed by atoms with E-state index in [0.29, 0.717) is 6.42 Å². The normalized spacial score (nSPS) is 11.2. The first kappa shape index (κ1) is 14.7. The molecule has 0 unspecified atom stereocenters. The first-order chi connectivity index (χ1) is 7.63. The molecule has 0 aliphatic heterocycles. The molecule has 1 N–H and O–H groups in total. The van der Waals surface area contributed by atoms with Gasteiger partial charge in [-0.15, -0.1) is 0 Å². The summed E-state index contributed by atoms with van der Waals surface area (Å²) >= 11 is 0. The Kier molecular flexibility index (Phi) is 8.21. The van der Waals surface area contributed by atoms with E-state index in [0.717, 1.165) is 25.7 Å². The molecule has 0 atom stereocenters. The summed E-state index contributed by atoms with van der Waals surface area (Å²) in [5, 5.41) is 8.80. The van der Waals surface area contributed by atoms with Gasteiger partial charge in [-0.2, -0.15) is 0 Å². The van der Waals surface area contributed by atoms with Crippen molar-refractivity contribution in [1.29, 1.82) is 0 Å². The largest absolute Gasteiger partial charge is 0.477 e. The molecule has 0 saturated heterocycles. The van der Waals surface area contributed by atoms with Gasteiger partial charge in [0.1, 0.15) is 5.57 Å². The lowest BCUT2D eigenvalue weighted by atomic mass is 10.1. The van der Waals surface area contributed by atoms with Gasteiger partial charge in [0.05, 0.1) is 6.61 Å². The molecule has 0 amide bonds. The van der Waals surface area contributed by atoms with Crippen molar-refractivity contribution in [3.05, 3.63) is 11.6 Å². The van der Waals surface area contributed by atoms with Gasteiger partial charge in [-0.05, 0) is 19.8 Å². The summed E-state index contributed by atoms with van der Waals surface area (Å²) in [5.41, 5.74) is -0.252. The van der Waals surface area contributed by atoms with E-state index in [-0.39, 0.29) is 12.2 Å². The summed E-state index contributed by atoms with van der Waals surface area (Å²) in [4.78, 5) is 22.0. The number of carboxylic acid groups (broad SMARTS) is 1. The molecule has 92 valence electrons. The Balaban J connectivity index is 4.15. The highest BCUT2D eigenvalue weighted by molar-refractivity contribution is 6.13. The van der Waals surface area contributed by atoms with Crippen molar-refractivity contribution >= 4 is 11.9 Å². The Morgan fingerprint density at radius 1 is 1.19 bits per heavy atom. The molecule has 16 heavy (non-hydrogen) atoms. The zero-order chi connectivity index (χ0) is 12.4. The third-order valence-electron chi connectivity index (χ3n) is 2.13. The minimum atomic E-state index is -1.21. The van der Waals surface area contributed by atoms with Gasteiger partial charge in [0, 0.05) is 0 Å². The van der Waals surface area contributed by atoms with Crippen LogP contribution in [0.15, 0.2) is 11.6 Å². The van der Waals surface area contributed by atoms with Gasteiger partial charge in [-0.3, -0.25) is 0 Å². The predicted octanol–water partition coefficient (Wildman–Crippen LogP) is 2.53. The van der Waals surface area contributed by atoms with Crippen LogP contribution >= 0.6 is 0 Å². The Labute approximate surface area is 96.3 Å². The van der Waals surface area contributed by atoms with Crippen LogP contribution < -0.4 is 0 Å². The Morgan fingerprint density at radius 2 is 1.88 bits per heavy atom. The molecule has 0 aromatic heterocycles. The van der Waals surface area contributed by atoms with Gasteiger partial charge in [0.25, 0.3) is 0 Å². The number of hydrogen-bond donors (Lipinski definition) is 1. The average molecular weight is 228 g/mol. The second-order valence-corrected chi connectivity index (χ2v) is 3.49. The van der Waals surface area contributed by atoms with E-state index in [2.05, 4.69) is 11.7 Å². The number of esters is 1. The van der Waals surface area contributed by atoms with Crippen LogP contribution in [0.5, 0.6) is 0 Å². The minimum Gasteiger partial charge on any atom is -0.477 e. The SMILES string of the molecule is CCCCCCC=C(C(=O)O)C(=O)OCC. The molecule has 0 aromatic carbocycles. The molecule has 0 aliphatic rings. The molecule has 0 rings (SSSR count). The Hall–Kier alpha value is -1.32. The number of allylic oxidation sites excluding steroid dienone is 1. The summed E-state index contributed by atoms with van der Waals surface area (Å²) in [7, 11) is 0. The maximum absolute atomic E-state index is 11.2. The second kappa shape index (κ2) is 8.95. The molecule has 0 fully saturated rings. The summed E-state index contributed by atoms with van der Waals surface area (Å²) in [5.74, 6) is -1.96. The summed E-state index contributed by atoms with van der Waals surface area (Å²) < 4.78 is 4.66. The van der Waals surface area contributed by atoms with Crippen molar-refractivity contribution in [2.75, 3.05) is 6.61 Å². The van der Waals surface area contributed by atoms with E-state index < -0.39 is 11.9 Å². The molecule has 0 saturated carbocycles. The molecule has 4 nitrogen and oxygen atoms in total. The lowest BCUT2D eigenvalue weighted by molar-refractivity contribution is -0.143. The number of ether oxygens (including phenoxy) is 1. The quantitative estimate of drug-likeness (QED) is 0.228. The van der Waals surface area contributed by atoms with Crippen LogP contribution in [0, 0.1) is 0 Å². The first-order valence-corrected chi connectivity index (χ1v) is 5.74. The van der Waals surface area contributed by atoms with Crippen LogP contribution in [0.4, 0.5) is 0 Å². The number of hydrogen-bond acceptors (Lipinski definition) is 3. The first-order valence-electron chi connectivity index (χ1n) is 5.74. The van der Waals surface area contributed by atoms with E-state index in [4.69, 9.17) is 5.11 Å². The molecular formula is C12H20O4. The van der Waals surface area contributed by atoms with Gasteiger partial charge < -0.3 is 9.84 Å². The van der Waals surface area contributed by atoms with Crippen molar-refractivity contribution in [1.82, 2.24) is 0 Å². The van der Waals surface area contributed by atoms with Crippen LogP contribution in [-0.4, -0.2) is 23.7 Å². The zero-order valence-electron chi connectivity index (χ0n) is 9.99. The molecule has 0 aromatic rings. The van der Waals surface area contributed by atoms with E-state index in [1.807, 2.05) is 0 Å². The highest BCUT2D eigenvalue weighted by Crippen LogP contribution is 2.07. The van der Waals surface area contributed by atoms with Crippen LogP contribution in [0.1, 0.15) is 46.0 Å². The fraction of sp³-hybridized carbons (Fsp3) is 0.667. The molecule has 0 aliphatic carbocycles. The number of carbonyl (C=O) groups excluding carboxylic acids is 1. The van der Waals surface area contributed by atoms with Gasteiger partial charge in [-0.25, -0.2) is 9.59 Å². The standard InChI is InChI=1S/C12H20O4/c1-3-5-6-7-8-9-10(11(13)14)12(15)16-4-2/h9H,3-8H2,1-2H3,(H,13,14). The number of carbonyl (C=O) groups is 2. The third kappa shape index (κ3) is 6.22. The Morgan fingerprint density at radius 3 is 2.38 bits per heavy atom. The van der Waals surface area contributed by atoms with Crippen LogP contribution in [0.2, 0.25) is 0 Å². The lowest BCUT2D eigenvalue weighted by Gasteiger charge is -2.02. The summed E-state index contributed by atoms with van der Waals surface area (Å²) in [6.45, 7) is 3.95. The average Bonchev–Trinajstić information content (AvgIpc) is 2.23. The number of aliphatic carboxylic acids is 1. The maximum Gasteiger partial charge on any atom is 0.345 e. The highest BCUT2D eigenvalue weighted by atomic mass is 16.5. The molecule has 0 radical (unpaired) electrons. The number of rotatable bonds is 8. The summed E-state index contributed by atoms with van der Waals surface area (Å²) in [6.07, 6.45) is 6.30. The predicted molar refractivity (Wildman–Crippen MR) is 61.1 cm³/mol. The lowest BCUT2D eigenvalue weighted by Crippen LogP contribution is -2.15. The van der Waals surface area contributed by atoms with E-state index in [9.17, 15) is 9.59 Å². The second-order valence-electron chi connectivity index (χ2n) is 3.49. The van der Waals surface area contributed by atoms with Crippen molar-refractivity contribution < 1.29 is 19.4 Å². The van der Waals surface area contributed by atoms with Crippen LogP contribution in [0.3, 0.4) is 0 Å². The fourth-order valence-electron chi connectivity index (χ4n) is 1.28. The molecule has 0 heterocycles. The topological polar surface area (TPSA) is 63.6 Å². The fourth-order valence-corrected chi connectivity index (χ4v) is 1.28.